The number of amides is 2. The lowest BCUT2D eigenvalue weighted by Crippen LogP contribution is -2.48. The topological polar surface area (TPSA) is 55.9 Å². The number of nitrogens with one attached hydrogen (secondary N) is 1. The Balaban J connectivity index is 1.67. The Labute approximate surface area is 176 Å². The molecule has 0 aromatic heterocycles. The highest BCUT2D eigenvalue weighted by atomic mass is 79.9. The van der Waals surface area contributed by atoms with Gasteiger partial charge in [0.05, 0.1) is 0 Å². The number of nitrogens with zero attached hydrogens (tertiary/aromatic N) is 3. The quantitative estimate of drug-likeness (QED) is 0.691. The number of likely N-dealkylation sites (tertiary alicyclic amines) is 1. The third-order valence-electron chi connectivity index (χ3n) is 5.78. The molecule has 2 heterocycles. The molecule has 28 heavy (non-hydrogen) atoms. The maximum absolute atomic E-state index is 13.2. The molecular weight excluding hydrogens is 420 g/mol. The molecule has 0 aliphatic carbocycles. The summed E-state index contributed by atoms with van der Waals surface area (Å²) >= 11 is 3.43. The molecule has 0 spiro atoms. The van der Waals surface area contributed by atoms with Crippen LogP contribution in [0.1, 0.15) is 36.5 Å². The van der Waals surface area contributed by atoms with Crippen LogP contribution in [0.2, 0.25) is 0 Å². The molecule has 0 saturated carbocycles. The molecule has 2 aliphatic heterocycles. The van der Waals surface area contributed by atoms with Gasteiger partial charge in [-0.1, -0.05) is 22.9 Å². The number of halogens is 1. The lowest BCUT2D eigenvalue weighted by atomic mass is 10.1. The van der Waals surface area contributed by atoms with Crippen LogP contribution in [0.3, 0.4) is 0 Å². The predicted octanol–water partition coefficient (Wildman–Crippen LogP) is 2.20. The monoisotopic (exact) mass is 450 g/mol. The maximum Gasteiger partial charge on any atom is 0.253 e. The summed E-state index contributed by atoms with van der Waals surface area (Å²) in [4.78, 5) is 32.0. The van der Waals surface area contributed by atoms with Crippen LogP contribution in [-0.2, 0) is 4.79 Å². The van der Waals surface area contributed by atoms with E-state index in [2.05, 4.69) is 33.1 Å². The number of likely N-dealkylation sites (N-methyl/N-ethyl adjacent to an activating group) is 1. The summed E-state index contributed by atoms with van der Waals surface area (Å²) in [6.45, 7) is 8.65. The number of hydrogen-bond donors (Lipinski definition) is 1. The zero-order valence-corrected chi connectivity index (χ0v) is 18.3. The van der Waals surface area contributed by atoms with Gasteiger partial charge in [-0.3, -0.25) is 14.5 Å². The molecule has 2 aliphatic rings. The van der Waals surface area contributed by atoms with E-state index in [-0.39, 0.29) is 11.8 Å². The highest BCUT2D eigenvalue weighted by Crippen LogP contribution is 2.20. The Morgan fingerprint density at radius 3 is 2.57 bits per heavy atom. The van der Waals surface area contributed by atoms with Crippen molar-refractivity contribution in [2.75, 3.05) is 52.4 Å². The van der Waals surface area contributed by atoms with E-state index in [1.807, 2.05) is 34.1 Å². The van der Waals surface area contributed by atoms with Crippen LogP contribution in [0, 0.1) is 0 Å². The normalized spacial score (nSPS) is 20.4. The third-order valence-corrected chi connectivity index (χ3v) is 6.31. The second-order valence-corrected chi connectivity index (χ2v) is 8.48. The first kappa shape index (κ1) is 21.3. The van der Waals surface area contributed by atoms with E-state index in [9.17, 15) is 9.59 Å². The fourth-order valence-corrected chi connectivity index (χ4v) is 4.39. The first-order chi connectivity index (χ1) is 13.6. The van der Waals surface area contributed by atoms with Crippen LogP contribution in [-0.4, -0.2) is 84.9 Å². The van der Waals surface area contributed by atoms with Crippen molar-refractivity contribution in [1.29, 1.82) is 0 Å². The highest BCUT2D eigenvalue weighted by Gasteiger charge is 2.28. The molecule has 0 radical (unpaired) electrons. The van der Waals surface area contributed by atoms with E-state index in [0.29, 0.717) is 31.1 Å². The molecule has 1 N–H and O–H groups in total. The Bertz CT molecular complexity index is 661. The summed E-state index contributed by atoms with van der Waals surface area (Å²) in [6, 6.07) is 7.88. The molecule has 0 bridgehead atoms. The molecule has 0 unspecified atom stereocenters. The molecule has 2 fully saturated rings. The minimum Gasteiger partial charge on any atom is -0.340 e. The number of piperazine rings is 1. The summed E-state index contributed by atoms with van der Waals surface area (Å²) in [5.41, 5.74) is 0.680. The van der Waals surface area contributed by atoms with E-state index in [1.54, 1.807) is 0 Å². The predicted molar refractivity (Wildman–Crippen MR) is 114 cm³/mol. The summed E-state index contributed by atoms with van der Waals surface area (Å²) in [5, 5.41) is 3.27. The Kier molecular flexibility index (Phi) is 7.88. The van der Waals surface area contributed by atoms with E-state index in [4.69, 9.17) is 0 Å². The molecule has 6 nitrogen and oxygen atoms in total. The lowest BCUT2D eigenvalue weighted by Gasteiger charge is -2.32. The fraction of sp³-hybridized carbons (Fsp3) is 0.619. The van der Waals surface area contributed by atoms with Gasteiger partial charge >= 0.3 is 0 Å². The number of benzene rings is 1. The molecule has 1 aromatic carbocycles. The first-order valence-electron chi connectivity index (χ1n) is 10.4. The van der Waals surface area contributed by atoms with Gasteiger partial charge in [0, 0.05) is 61.8 Å². The van der Waals surface area contributed by atoms with Crippen molar-refractivity contribution in [2.24, 2.45) is 0 Å². The van der Waals surface area contributed by atoms with Crippen molar-refractivity contribution in [3.63, 3.8) is 0 Å². The Morgan fingerprint density at radius 1 is 1.18 bits per heavy atom. The van der Waals surface area contributed by atoms with Gasteiger partial charge in [-0.2, -0.15) is 0 Å². The first-order valence-corrected chi connectivity index (χ1v) is 11.1. The van der Waals surface area contributed by atoms with Crippen LogP contribution >= 0.6 is 15.9 Å². The molecule has 7 heteroatoms. The van der Waals surface area contributed by atoms with E-state index in [1.165, 1.54) is 6.42 Å². The number of rotatable bonds is 7. The smallest absolute Gasteiger partial charge is 0.253 e. The number of hydrogen-bond acceptors (Lipinski definition) is 4. The fourth-order valence-electron chi connectivity index (χ4n) is 4.13. The summed E-state index contributed by atoms with van der Waals surface area (Å²) < 4.78 is 0.956. The zero-order valence-electron chi connectivity index (χ0n) is 16.7. The van der Waals surface area contributed by atoms with Crippen LogP contribution in [0.5, 0.6) is 0 Å². The van der Waals surface area contributed by atoms with Crippen LogP contribution < -0.4 is 5.32 Å². The largest absolute Gasteiger partial charge is 0.340 e. The van der Waals surface area contributed by atoms with Crippen molar-refractivity contribution in [2.45, 2.75) is 32.2 Å². The lowest BCUT2D eigenvalue weighted by molar-refractivity contribution is -0.132. The minimum absolute atomic E-state index is 0.0172. The van der Waals surface area contributed by atoms with Crippen LogP contribution in [0.15, 0.2) is 28.7 Å². The maximum atomic E-state index is 13.2. The number of carbonyl (C=O) groups is 2. The average molecular weight is 451 g/mol. The average Bonchev–Trinajstić information content (AvgIpc) is 3.18. The number of carbonyl (C=O) groups excluding carboxylic acids is 2. The van der Waals surface area contributed by atoms with Gasteiger partial charge in [-0.15, -0.1) is 0 Å². The Hall–Kier alpha value is -1.44. The van der Waals surface area contributed by atoms with Crippen LogP contribution in [0.25, 0.3) is 0 Å². The Morgan fingerprint density at radius 2 is 1.89 bits per heavy atom. The van der Waals surface area contributed by atoms with Gasteiger partial charge in [0.25, 0.3) is 5.91 Å². The van der Waals surface area contributed by atoms with Gasteiger partial charge in [-0.05, 0) is 50.2 Å². The zero-order chi connectivity index (χ0) is 19.9. The molecular formula is C21H31BrN4O2. The van der Waals surface area contributed by atoms with Gasteiger partial charge in [0.15, 0.2) is 0 Å². The van der Waals surface area contributed by atoms with Crippen molar-refractivity contribution in [3.8, 4) is 0 Å². The second-order valence-electron chi connectivity index (χ2n) is 7.56. The van der Waals surface area contributed by atoms with E-state index < -0.39 is 0 Å². The second kappa shape index (κ2) is 10.4. The molecule has 3 rings (SSSR count). The van der Waals surface area contributed by atoms with Gasteiger partial charge in [-0.25, -0.2) is 0 Å². The SMILES string of the molecule is CCN1CCC[C@H]1CN(CCC(=O)N1CCNCC1)C(=O)c1ccc(Br)cc1. The third kappa shape index (κ3) is 5.55. The van der Waals surface area contributed by atoms with Gasteiger partial charge in [0.1, 0.15) is 0 Å². The minimum atomic E-state index is 0.0172. The molecule has 1 atom stereocenters. The standard InChI is InChI=1S/C21H31BrN4O2/c1-2-24-12-3-4-19(24)16-26(21(28)17-5-7-18(22)8-6-17)13-9-20(27)25-14-10-23-11-15-25/h5-8,19,23H,2-4,9-16H2,1H3/t19-/m0/s1. The summed E-state index contributed by atoms with van der Waals surface area (Å²) in [7, 11) is 0. The van der Waals surface area contributed by atoms with Gasteiger partial charge in [0.2, 0.25) is 5.91 Å². The van der Waals surface area contributed by atoms with Crippen molar-refractivity contribution < 1.29 is 9.59 Å². The van der Waals surface area contributed by atoms with E-state index >= 15 is 0 Å². The summed E-state index contributed by atoms with van der Waals surface area (Å²) in [6.07, 6.45) is 2.68. The van der Waals surface area contributed by atoms with Crippen molar-refractivity contribution in [3.05, 3.63) is 34.3 Å². The van der Waals surface area contributed by atoms with Crippen molar-refractivity contribution in [1.82, 2.24) is 20.0 Å². The van der Waals surface area contributed by atoms with Crippen LogP contribution in [0.4, 0.5) is 0 Å². The molecule has 2 saturated heterocycles. The van der Waals surface area contributed by atoms with Crippen molar-refractivity contribution >= 4 is 27.7 Å². The summed E-state index contributed by atoms with van der Waals surface area (Å²) in [5.74, 6) is 0.164. The molecule has 2 amide bonds. The van der Waals surface area contributed by atoms with Gasteiger partial charge < -0.3 is 15.1 Å². The molecule has 1 aromatic rings. The molecule has 154 valence electrons. The van der Waals surface area contributed by atoms with E-state index in [0.717, 1.165) is 50.2 Å². The highest BCUT2D eigenvalue weighted by molar-refractivity contribution is 9.10.